The van der Waals surface area contributed by atoms with Gasteiger partial charge < -0.3 is 10.1 Å². The molecule has 1 unspecified atom stereocenters. The zero-order valence-electron chi connectivity index (χ0n) is 16.8. The fourth-order valence-corrected chi connectivity index (χ4v) is 6.84. The van der Waals surface area contributed by atoms with Crippen LogP contribution in [0, 0.1) is 6.92 Å². The SMILES string of the molecule is Cc1ccc(S(=O)(=O)N2CCCCC2)cc1C(=O)OCC(=O)NC1CCS(=O)(=O)C1. The molecule has 2 aliphatic rings. The number of amides is 1. The van der Waals surface area contributed by atoms with E-state index >= 15 is 0 Å². The number of benzene rings is 1. The summed E-state index contributed by atoms with van der Waals surface area (Å²) < 4.78 is 55.0. The van der Waals surface area contributed by atoms with E-state index in [9.17, 15) is 26.4 Å². The lowest BCUT2D eigenvalue weighted by atomic mass is 10.1. The largest absolute Gasteiger partial charge is 0.452 e. The summed E-state index contributed by atoms with van der Waals surface area (Å²) in [7, 11) is -6.84. The van der Waals surface area contributed by atoms with Crippen LogP contribution >= 0.6 is 0 Å². The van der Waals surface area contributed by atoms with Crippen LogP contribution in [0.1, 0.15) is 41.6 Å². The molecule has 3 rings (SSSR count). The van der Waals surface area contributed by atoms with Crippen molar-refractivity contribution in [2.75, 3.05) is 31.2 Å². The van der Waals surface area contributed by atoms with Crippen molar-refractivity contribution in [3.05, 3.63) is 29.3 Å². The van der Waals surface area contributed by atoms with Crippen LogP contribution in [0.25, 0.3) is 0 Å². The smallest absolute Gasteiger partial charge is 0.338 e. The summed E-state index contributed by atoms with van der Waals surface area (Å²) in [4.78, 5) is 24.5. The van der Waals surface area contributed by atoms with Crippen molar-refractivity contribution in [3.8, 4) is 0 Å². The molecule has 0 aromatic heterocycles. The van der Waals surface area contributed by atoms with E-state index in [1.165, 1.54) is 22.5 Å². The van der Waals surface area contributed by atoms with Crippen molar-refractivity contribution in [1.29, 1.82) is 0 Å². The van der Waals surface area contributed by atoms with E-state index in [1.54, 1.807) is 6.92 Å². The van der Waals surface area contributed by atoms with Crippen LogP contribution in [-0.4, -0.2) is 70.3 Å². The Balaban J connectivity index is 1.64. The Morgan fingerprint density at radius 3 is 2.53 bits per heavy atom. The Labute approximate surface area is 176 Å². The van der Waals surface area contributed by atoms with Gasteiger partial charge in [0.2, 0.25) is 10.0 Å². The van der Waals surface area contributed by atoms with Crippen molar-refractivity contribution in [2.45, 2.75) is 43.5 Å². The zero-order valence-corrected chi connectivity index (χ0v) is 18.4. The van der Waals surface area contributed by atoms with Crippen LogP contribution in [0.4, 0.5) is 0 Å². The van der Waals surface area contributed by atoms with Crippen LogP contribution in [0.2, 0.25) is 0 Å². The zero-order chi connectivity index (χ0) is 21.9. The summed E-state index contributed by atoms with van der Waals surface area (Å²) in [5, 5.41) is 2.54. The standard InChI is InChI=1S/C19H26N2O7S2/c1-14-5-6-16(30(26,27)21-8-3-2-4-9-21)11-17(14)19(23)28-12-18(22)20-15-7-10-29(24,25)13-15/h5-6,11,15H,2-4,7-10,12-13H2,1H3,(H,20,22). The van der Waals surface area contributed by atoms with Crippen molar-refractivity contribution < 1.29 is 31.2 Å². The highest BCUT2D eigenvalue weighted by molar-refractivity contribution is 7.91. The second kappa shape index (κ2) is 9.03. The Bertz CT molecular complexity index is 1030. The number of hydrogen-bond donors (Lipinski definition) is 1. The van der Waals surface area contributed by atoms with Gasteiger partial charge in [0.15, 0.2) is 16.4 Å². The van der Waals surface area contributed by atoms with E-state index in [0.717, 1.165) is 19.3 Å². The first-order valence-electron chi connectivity index (χ1n) is 9.86. The first-order valence-corrected chi connectivity index (χ1v) is 13.1. The summed E-state index contributed by atoms with van der Waals surface area (Å²) in [6, 6.07) is 3.80. The van der Waals surface area contributed by atoms with Gasteiger partial charge in [-0.3, -0.25) is 4.79 Å². The third-order valence-corrected chi connectivity index (χ3v) is 8.98. The summed E-state index contributed by atoms with van der Waals surface area (Å²) in [6.07, 6.45) is 2.93. The molecule has 2 saturated heterocycles. The number of ether oxygens (including phenoxy) is 1. The summed E-state index contributed by atoms with van der Waals surface area (Å²) in [5.41, 5.74) is 0.601. The number of piperidine rings is 1. The highest BCUT2D eigenvalue weighted by Crippen LogP contribution is 2.23. The molecule has 166 valence electrons. The molecular formula is C19H26N2O7S2. The van der Waals surface area contributed by atoms with Crippen LogP contribution in [-0.2, 0) is 29.4 Å². The number of sulfone groups is 1. The number of carbonyl (C=O) groups is 2. The van der Waals surface area contributed by atoms with Crippen LogP contribution in [0.5, 0.6) is 0 Å². The second-order valence-corrected chi connectivity index (χ2v) is 11.9. The molecule has 0 aliphatic carbocycles. The number of esters is 1. The number of nitrogens with one attached hydrogen (secondary N) is 1. The highest BCUT2D eigenvalue weighted by Gasteiger charge is 2.30. The van der Waals surface area contributed by atoms with E-state index in [0.29, 0.717) is 25.1 Å². The molecule has 0 spiro atoms. The molecule has 1 atom stereocenters. The number of hydrogen-bond acceptors (Lipinski definition) is 7. The number of nitrogens with zero attached hydrogens (tertiary/aromatic N) is 1. The van der Waals surface area contributed by atoms with E-state index in [4.69, 9.17) is 4.74 Å². The molecular weight excluding hydrogens is 432 g/mol. The summed E-state index contributed by atoms with van der Waals surface area (Å²) in [6.45, 7) is 1.98. The van der Waals surface area contributed by atoms with Gasteiger partial charge in [-0.05, 0) is 43.9 Å². The second-order valence-electron chi connectivity index (χ2n) is 7.69. The average molecular weight is 459 g/mol. The maximum absolute atomic E-state index is 12.8. The van der Waals surface area contributed by atoms with Crippen molar-refractivity contribution in [3.63, 3.8) is 0 Å². The minimum atomic E-state index is -3.70. The lowest BCUT2D eigenvalue weighted by Gasteiger charge is -2.26. The van der Waals surface area contributed by atoms with Gasteiger partial charge >= 0.3 is 5.97 Å². The number of aryl methyl sites for hydroxylation is 1. The molecule has 0 bridgehead atoms. The predicted octanol–water partition coefficient (Wildman–Crippen LogP) is 0.630. The van der Waals surface area contributed by atoms with Crippen molar-refractivity contribution >= 4 is 31.7 Å². The molecule has 2 heterocycles. The lowest BCUT2D eigenvalue weighted by molar-refractivity contribution is -0.124. The van der Waals surface area contributed by atoms with Crippen LogP contribution in [0.15, 0.2) is 23.1 Å². The highest BCUT2D eigenvalue weighted by atomic mass is 32.2. The molecule has 1 aromatic carbocycles. The van der Waals surface area contributed by atoms with Gasteiger partial charge in [0.05, 0.1) is 22.0 Å². The molecule has 0 radical (unpaired) electrons. The van der Waals surface area contributed by atoms with Gasteiger partial charge in [0, 0.05) is 19.1 Å². The van der Waals surface area contributed by atoms with Crippen molar-refractivity contribution in [2.24, 2.45) is 0 Å². The Morgan fingerprint density at radius 1 is 1.20 bits per heavy atom. The molecule has 11 heteroatoms. The third kappa shape index (κ3) is 5.38. The minimum absolute atomic E-state index is 0.0163. The molecule has 2 aliphatic heterocycles. The van der Waals surface area contributed by atoms with Gasteiger partial charge in [-0.1, -0.05) is 12.5 Å². The van der Waals surface area contributed by atoms with E-state index in [-0.39, 0.29) is 22.0 Å². The van der Waals surface area contributed by atoms with Gasteiger partial charge in [-0.25, -0.2) is 21.6 Å². The van der Waals surface area contributed by atoms with Gasteiger partial charge in [0.1, 0.15) is 0 Å². The first-order chi connectivity index (χ1) is 14.1. The van der Waals surface area contributed by atoms with E-state index < -0.39 is 44.4 Å². The average Bonchev–Trinajstić information content (AvgIpc) is 3.05. The van der Waals surface area contributed by atoms with Crippen LogP contribution in [0.3, 0.4) is 0 Å². The van der Waals surface area contributed by atoms with Gasteiger partial charge in [0.25, 0.3) is 5.91 Å². The molecule has 30 heavy (non-hydrogen) atoms. The number of sulfonamides is 1. The maximum Gasteiger partial charge on any atom is 0.338 e. The van der Waals surface area contributed by atoms with E-state index in [2.05, 4.69) is 5.32 Å². The number of rotatable bonds is 6. The van der Waals surface area contributed by atoms with Gasteiger partial charge in [-0.15, -0.1) is 0 Å². The van der Waals surface area contributed by atoms with Gasteiger partial charge in [-0.2, -0.15) is 4.31 Å². The van der Waals surface area contributed by atoms with E-state index in [1.807, 2.05) is 0 Å². The Morgan fingerprint density at radius 2 is 1.90 bits per heavy atom. The summed E-state index contributed by atoms with van der Waals surface area (Å²) >= 11 is 0. The molecule has 1 aromatic rings. The Hall–Kier alpha value is -1.98. The first kappa shape index (κ1) is 22.7. The topological polar surface area (TPSA) is 127 Å². The molecule has 2 fully saturated rings. The predicted molar refractivity (Wildman–Crippen MR) is 109 cm³/mol. The Kier molecular flexibility index (Phi) is 6.83. The fourth-order valence-electron chi connectivity index (χ4n) is 3.62. The maximum atomic E-state index is 12.8. The molecule has 0 saturated carbocycles. The normalized spacial score (nSPS) is 21.8. The minimum Gasteiger partial charge on any atom is -0.452 e. The molecule has 9 nitrogen and oxygen atoms in total. The lowest BCUT2D eigenvalue weighted by Crippen LogP contribution is -2.38. The third-order valence-electron chi connectivity index (χ3n) is 5.31. The summed E-state index contributed by atoms with van der Waals surface area (Å²) in [5.74, 6) is -1.50. The van der Waals surface area contributed by atoms with Crippen molar-refractivity contribution in [1.82, 2.24) is 9.62 Å². The molecule has 1 N–H and O–H groups in total. The monoisotopic (exact) mass is 458 g/mol. The number of carbonyl (C=O) groups excluding carboxylic acids is 2. The molecule has 1 amide bonds. The van der Waals surface area contributed by atoms with Crippen LogP contribution < -0.4 is 5.32 Å². The quantitative estimate of drug-likeness (QED) is 0.620. The fraction of sp³-hybridized carbons (Fsp3) is 0.579.